The van der Waals surface area contributed by atoms with Crippen molar-refractivity contribution in [2.45, 2.75) is 23.5 Å². The zero-order valence-corrected chi connectivity index (χ0v) is 15.3. The van der Waals surface area contributed by atoms with Gasteiger partial charge in [0.1, 0.15) is 5.69 Å². The molecule has 1 atom stereocenters. The fourth-order valence-corrected chi connectivity index (χ4v) is 4.57. The van der Waals surface area contributed by atoms with Crippen LogP contribution < -0.4 is 4.90 Å². The molecule has 0 spiro atoms. The van der Waals surface area contributed by atoms with E-state index in [9.17, 15) is 4.79 Å². The number of thioether (sulfide) groups is 1. The lowest BCUT2D eigenvalue weighted by molar-refractivity contribution is 0.0982. The summed E-state index contributed by atoms with van der Waals surface area (Å²) in [5.74, 6) is 0.479. The molecular weight excluding hydrogens is 352 g/mol. The van der Waals surface area contributed by atoms with Crippen LogP contribution in [0.15, 0.2) is 53.0 Å². The van der Waals surface area contributed by atoms with E-state index in [0.717, 1.165) is 17.0 Å². The minimum absolute atomic E-state index is 0.0689. The van der Waals surface area contributed by atoms with E-state index in [1.165, 1.54) is 11.3 Å². The number of thiazole rings is 1. The number of carbonyl (C=O) groups excluding carboxylic acids is 1. The van der Waals surface area contributed by atoms with Crippen molar-refractivity contribution in [1.29, 1.82) is 0 Å². The first-order chi connectivity index (χ1) is 12.2. The minimum atomic E-state index is -0.0689. The highest BCUT2D eigenvalue weighted by molar-refractivity contribution is 8.00. The van der Waals surface area contributed by atoms with Crippen LogP contribution in [0.25, 0.3) is 10.8 Å². The Balaban J connectivity index is 1.66. The normalized spacial score (nSPS) is 17.0. The molecule has 4 rings (SSSR count). The Kier molecular flexibility index (Phi) is 4.50. The van der Waals surface area contributed by atoms with Crippen LogP contribution in [0.1, 0.15) is 23.8 Å². The Labute approximate surface area is 154 Å². The number of hydrogen-bond donors (Lipinski definition) is 0. The van der Waals surface area contributed by atoms with Gasteiger partial charge in [-0.15, -0.1) is 23.1 Å². The fourth-order valence-electron chi connectivity index (χ4n) is 2.72. The van der Waals surface area contributed by atoms with Crippen molar-refractivity contribution in [2.24, 2.45) is 0 Å². The first-order valence-electron chi connectivity index (χ1n) is 8.03. The lowest BCUT2D eigenvalue weighted by atomic mass is 10.2. The third-order valence-electron chi connectivity index (χ3n) is 3.97. The Bertz CT molecular complexity index is 897. The van der Waals surface area contributed by atoms with Crippen molar-refractivity contribution in [3.8, 4) is 10.8 Å². The summed E-state index contributed by atoms with van der Waals surface area (Å²) in [6.45, 7) is 2.89. The van der Waals surface area contributed by atoms with Crippen molar-refractivity contribution in [3.05, 3.63) is 53.8 Å². The number of aromatic nitrogens is 3. The molecule has 0 saturated carbocycles. The second-order valence-electron chi connectivity index (χ2n) is 5.75. The van der Waals surface area contributed by atoms with E-state index in [-0.39, 0.29) is 5.91 Å². The molecule has 3 heterocycles. The summed E-state index contributed by atoms with van der Waals surface area (Å²) in [6.07, 6.45) is 4.30. The summed E-state index contributed by atoms with van der Waals surface area (Å²) in [7, 11) is 0. The number of amides is 1. The van der Waals surface area contributed by atoms with E-state index >= 15 is 0 Å². The first-order valence-corrected chi connectivity index (χ1v) is 9.79. The van der Waals surface area contributed by atoms with Crippen LogP contribution in [0.3, 0.4) is 0 Å². The summed E-state index contributed by atoms with van der Waals surface area (Å²) >= 11 is 3.21. The van der Waals surface area contributed by atoms with Gasteiger partial charge < -0.3 is 4.90 Å². The van der Waals surface area contributed by atoms with E-state index < -0.39 is 0 Å². The summed E-state index contributed by atoms with van der Waals surface area (Å²) in [4.78, 5) is 29.0. The predicted molar refractivity (Wildman–Crippen MR) is 101 cm³/mol. The smallest absolute Gasteiger partial charge is 0.277 e. The van der Waals surface area contributed by atoms with Gasteiger partial charge in [0.05, 0.1) is 5.69 Å². The van der Waals surface area contributed by atoms with Crippen LogP contribution in [0.4, 0.5) is 5.69 Å². The number of carbonyl (C=O) groups is 1. The molecule has 0 bridgehead atoms. The summed E-state index contributed by atoms with van der Waals surface area (Å²) in [5, 5.41) is 2.93. The molecule has 1 aliphatic heterocycles. The molecule has 0 N–H and O–H groups in total. The number of benzene rings is 1. The van der Waals surface area contributed by atoms with Gasteiger partial charge in [-0.25, -0.2) is 15.0 Å². The highest BCUT2D eigenvalue weighted by Crippen LogP contribution is 2.38. The van der Waals surface area contributed by atoms with Crippen LogP contribution in [0, 0.1) is 0 Å². The zero-order valence-electron chi connectivity index (χ0n) is 13.6. The van der Waals surface area contributed by atoms with Gasteiger partial charge in [0.25, 0.3) is 5.91 Å². The van der Waals surface area contributed by atoms with Gasteiger partial charge in [-0.05, 0) is 24.6 Å². The van der Waals surface area contributed by atoms with Crippen molar-refractivity contribution in [1.82, 2.24) is 15.0 Å². The number of hydrogen-bond acceptors (Lipinski definition) is 6. The summed E-state index contributed by atoms with van der Waals surface area (Å²) < 4.78 is 0. The number of fused-ring (bicyclic) bond motifs is 1. The number of nitrogens with zero attached hydrogens (tertiary/aromatic N) is 4. The fraction of sp³-hybridized carbons (Fsp3) is 0.222. The lowest BCUT2D eigenvalue weighted by Crippen LogP contribution is -2.32. The monoisotopic (exact) mass is 368 g/mol. The molecule has 1 unspecified atom stereocenters. The Morgan fingerprint density at radius 3 is 2.84 bits per heavy atom. The molecule has 3 aromatic rings. The highest BCUT2D eigenvalue weighted by Gasteiger charge is 2.26. The number of anilines is 1. The van der Waals surface area contributed by atoms with Crippen LogP contribution in [-0.4, -0.2) is 32.7 Å². The van der Waals surface area contributed by atoms with E-state index in [0.29, 0.717) is 28.3 Å². The lowest BCUT2D eigenvalue weighted by Gasteiger charge is -2.21. The second-order valence-corrected chi connectivity index (χ2v) is 8.09. The maximum Gasteiger partial charge on any atom is 0.277 e. The largest absolute Gasteiger partial charge is 0.306 e. The topological polar surface area (TPSA) is 59.0 Å². The molecule has 1 aromatic carbocycles. The second kappa shape index (κ2) is 6.93. The molecule has 5 nitrogen and oxygen atoms in total. The summed E-state index contributed by atoms with van der Waals surface area (Å²) in [6, 6.07) is 9.83. The number of rotatable bonds is 2. The van der Waals surface area contributed by atoms with Crippen molar-refractivity contribution < 1.29 is 4.79 Å². The molecule has 0 radical (unpaired) electrons. The Hall–Kier alpha value is -2.25. The zero-order chi connectivity index (χ0) is 17.2. The van der Waals surface area contributed by atoms with Crippen molar-refractivity contribution in [2.75, 3.05) is 11.4 Å². The van der Waals surface area contributed by atoms with Crippen LogP contribution in [0.2, 0.25) is 0 Å². The average molecular weight is 368 g/mol. The van der Waals surface area contributed by atoms with Gasteiger partial charge in [-0.2, -0.15) is 0 Å². The van der Waals surface area contributed by atoms with Gasteiger partial charge in [0.2, 0.25) is 0 Å². The molecule has 25 heavy (non-hydrogen) atoms. The third-order valence-corrected chi connectivity index (χ3v) is 6.04. The van der Waals surface area contributed by atoms with E-state index in [4.69, 9.17) is 0 Å². The maximum absolute atomic E-state index is 13.1. The van der Waals surface area contributed by atoms with Crippen molar-refractivity contribution in [3.63, 3.8) is 0 Å². The molecule has 0 aliphatic carbocycles. The standard InChI is InChI=1S/C18H16N4OS2/c1-12-7-10-22(14-5-2-3-6-15(14)25-12)18(23)13-11-24-17(21-13)16-19-8-4-9-20-16/h2-6,8-9,11-12H,7,10H2,1H3. The molecule has 0 fully saturated rings. The van der Waals surface area contributed by atoms with Gasteiger partial charge in [0.15, 0.2) is 10.8 Å². The SMILES string of the molecule is CC1CCN(C(=O)c2csc(-c3ncccn3)n2)c2ccccc2S1. The van der Waals surface area contributed by atoms with E-state index in [1.54, 1.807) is 23.8 Å². The van der Waals surface area contributed by atoms with Crippen LogP contribution in [-0.2, 0) is 0 Å². The van der Waals surface area contributed by atoms with Crippen LogP contribution >= 0.6 is 23.1 Å². The number of para-hydroxylation sites is 1. The molecule has 7 heteroatoms. The highest BCUT2D eigenvalue weighted by atomic mass is 32.2. The molecule has 126 valence electrons. The predicted octanol–water partition coefficient (Wildman–Crippen LogP) is 4.13. The Morgan fingerprint density at radius 2 is 2.00 bits per heavy atom. The minimum Gasteiger partial charge on any atom is -0.306 e. The van der Waals surface area contributed by atoms with E-state index in [2.05, 4.69) is 27.9 Å². The first kappa shape index (κ1) is 16.2. The van der Waals surface area contributed by atoms with Gasteiger partial charge in [-0.1, -0.05) is 19.1 Å². The Morgan fingerprint density at radius 1 is 1.20 bits per heavy atom. The average Bonchev–Trinajstić information content (AvgIpc) is 3.07. The molecule has 1 aliphatic rings. The molecule has 1 amide bonds. The molecule has 2 aromatic heterocycles. The van der Waals surface area contributed by atoms with Crippen molar-refractivity contribution >= 4 is 34.7 Å². The molecular formula is C18H16N4OS2. The van der Waals surface area contributed by atoms with Gasteiger partial charge in [0, 0.05) is 34.5 Å². The van der Waals surface area contributed by atoms with Gasteiger partial charge >= 0.3 is 0 Å². The summed E-state index contributed by atoms with van der Waals surface area (Å²) in [5.41, 5.74) is 1.41. The van der Waals surface area contributed by atoms with Gasteiger partial charge in [-0.3, -0.25) is 4.79 Å². The maximum atomic E-state index is 13.1. The van der Waals surface area contributed by atoms with Crippen LogP contribution in [0.5, 0.6) is 0 Å². The quantitative estimate of drug-likeness (QED) is 0.681. The third kappa shape index (κ3) is 3.29. The van der Waals surface area contributed by atoms with E-state index in [1.807, 2.05) is 34.9 Å². The molecule has 0 saturated heterocycles.